The molecule has 1 atom stereocenters. The molecular formula is C18H19ClN2O2S2. The van der Waals surface area contributed by atoms with Crippen molar-refractivity contribution in [3.63, 3.8) is 0 Å². The lowest BCUT2D eigenvalue weighted by Gasteiger charge is -2.26. The lowest BCUT2D eigenvalue weighted by molar-refractivity contribution is -0.115. The Labute approximate surface area is 160 Å². The third-order valence-electron chi connectivity index (χ3n) is 3.96. The number of thiazole rings is 1. The summed E-state index contributed by atoms with van der Waals surface area (Å²) in [6, 6.07) is 7.38. The average molecular weight is 395 g/mol. The number of aromatic nitrogens is 1. The lowest BCUT2D eigenvalue weighted by atomic mass is 9.78. The van der Waals surface area contributed by atoms with Crippen LogP contribution in [0.4, 0.5) is 5.13 Å². The van der Waals surface area contributed by atoms with Crippen LogP contribution in [0, 0.1) is 5.41 Å². The van der Waals surface area contributed by atoms with Crippen LogP contribution in [0.2, 0.25) is 5.02 Å². The van der Waals surface area contributed by atoms with Crippen LogP contribution in [0.5, 0.6) is 0 Å². The Hall–Kier alpha value is -1.37. The first kappa shape index (κ1) is 18.4. The molecule has 1 unspecified atom stereocenters. The van der Waals surface area contributed by atoms with Gasteiger partial charge in [-0.15, -0.1) is 11.8 Å². The molecule has 2 aromatic rings. The molecule has 0 bridgehead atoms. The van der Waals surface area contributed by atoms with Crippen LogP contribution < -0.4 is 5.32 Å². The topological polar surface area (TPSA) is 59.1 Å². The molecule has 1 aliphatic rings. The standard InChI is InChI=1S/C18H19ClN2O2S2/c1-10(24-12-6-4-11(19)5-7-12)16(23)21-17-20-13-8-18(2,3)9-14(22)15(13)25-17/h4-7,10H,8-9H2,1-3H3,(H,20,21,23). The van der Waals surface area contributed by atoms with Gasteiger partial charge in [0.25, 0.3) is 0 Å². The van der Waals surface area contributed by atoms with Crippen molar-refractivity contribution in [1.82, 2.24) is 4.98 Å². The van der Waals surface area contributed by atoms with Gasteiger partial charge >= 0.3 is 0 Å². The van der Waals surface area contributed by atoms with Crippen molar-refractivity contribution in [1.29, 1.82) is 0 Å². The number of carbonyl (C=O) groups excluding carboxylic acids is 2. The van der Waals surface area contributed by atoms with Gasteiger partial charge < -0.3 is 5.32 Å². The van der Waals surface area contributed by atoms with Gasteiger partial charge in [-0.1, -0.05) is 36.8 Å². The minimum absolute atomic E-state index is 0.0723. The summed E-state index contributed by atoms with van der Waals surface area (Å²) in [6.07, 6.45) is 1.29. The number of carbonyl (C=O) groups is 2. The van der Waals surface area contributed by atoms with Crippen LogP contribution >= 0.6 is 34.7 Å². The number of amides is 1. The highest BCUT2D eigenvalue weighted by molar-refractivity contribution is 8.00. The Balaban J connectivity index is 1.67. The number of anilines is 1. The number of thioether (sulfide) groups is 1. The molecule has 0 saturated heterocycles. The molecule has 1 aromatic carbocycles. The molecule has 1 aliphatic carbocycles. The molecule has 0 fully saturated rings. The molecule has 1 heterocycles. The summed E-state index contributed by atoms with van der Waals surface area (Å²) < 4.78 is 0. The van der Waals surface area contributed by atoms with Crippen molar-refractivity contribution in [2.45, 2.75) is 43.8 Å². The highest BCUT2D eigenvalue weighted by Gasteiger charge is 2.34. The zero-order valence-electron chi connectivity index (χ0n) is 14.3. The molecule has 3 rings (SSSR count). The molecule has 25 heavy (non-hydrogen) atoms. The molecule has 4 nitrogen and oxygen atoms in total. The molecule has 1 amide bonds. The van der Waals surface area contributed by atoms with Gasteiger partial charge in [-0.3, -0.25) is 9.59 Å². The number of hydrogen-bond acceptors (Lipinski definition) is 5. The average Bonchev–Trinajstić information content (AvgIpc) is 2.90. The van der Waals surface area contributed by atoms with Gasteiger partial charge in [-0.2, -0.15) is 0 Å². The van der Waals surface area contributed by atoms with Crippen LogP contribution in [0.25, 0.3) is 0 Å². The quantitative estimate of drug-likeness (QED) is 0.735. The minimum atomic E-state index is -0.283. The van der Waals surface area contributed by atoms with E-state index in [9.17, 15) is 9.59 Å². The molecular weight excluding hydrogens is 376 g/mol. The van der Waals surface area contributed by atoms with E-state index >= 15 is 0 Å². The summed E-state index contributed by atoms with van der Waals surface area (Å²) in [6.45, 7) is 5.98. The van der Waals surface area contributed by atoms with Gasteiger partial charge in [0.05, 0.1) is 15.8 Å². The van der Waals surface area contributed by atoms with E-state index in [-0.39, 0.29) is 22.4 Å². The van der Waals surface area contributed by atoms with Crippen LogP contribution in [0.3, 0.4) is 0 Å². The van der Waals surface area contributed by atoms with Gasteiger partial charge in [0.2, 0.25) is 5.91 Å². The van der Waals surface area contributed by atoms with E-state index in [1.54, 1.807) is 12.1 Å². The van der Waals surface area contributed by atoms with E-state index in [1.165, 1.54) is 23.1 Å². The highest BCUT2D eigenvalue weighted by atomic mass is 35.5. The number of rotatable bonds is 4. The number of Topliss-reactive ketones (excluding diaryl/α,β-unsaturated/α-hetero) is 1. The molecule has 132 valence electrons. The molecule has 1 N–H and O–H groups in total. The fourth-order valence-corrected chi connectivity index (χ4v) is 4.67. The van der Waals surface area contributed by atoms with Gasteiger partial charge in [0, 0.05) is 16.3 Å². The maximum Gasteiger partial charge on any atom is 0.239 e. The largest absolute Gasteiger partial charge is 0.301 e. The number of fused-ring (bicyclic) bond motifs is 1. The predicted molar refractivity (Wildman–Crippen MR) is 104 cm³/mol. The SMILES string of the molecule is CC(Sc1ccc(Cl)cc1)C(=O)Nc1nc2c(s1)C(=O)CC(C)(C)C2. The zero-order chi connectivity index (χ0) is 18.2. The van der Waals surface area contributed by atoms with E-state index in [0.717, 1.165) is 17.0 Å². The molecule has 0 aliphatic heterocycles. The summed E-state index contributed by atoms with van der Waals surface area (Å²) in [5.41, 5.74) is 0.733. The van der Waals surface area contributed by atoms with Crippen molar-refractivity contribution < 1.29 is 9.59 Å². The molecule has 1 aromatic heterocycles. The summed E-state index contributed by atoms with van der Waals surface area (Å²) >= 11 is 8.61. The van der Waals surface area contributed by atoms with Crippen LogP contribution in [-0.4, -0.2) is 21.9 Å². The van der Waals surface area contributed by atoms with Crippen LogP contribution in [-0.2, 0) is 11.2 Å². The monoisotopic (exact) mass is 394 g/mol. The lowest BCUT2D eigenvalue weighted by Crippen LogP contribution is -2.26. The van der Waals surface area contributed by atoms with Gasteiger partial charge in [0.15, 0.2) is 10.9 Å². The number of nitrogens with zero attached hydrogens (tertiary/aromatic N) is 1. The second-order valence-corrected chi connectivity index (χ2v) is 9.79. The van der Waals surface area contributed by atoms with Crippen molar-refractivity contribution in [3.8, 4) is 0 Å². The van der Waals surface area contributed by atoms with Crippen molar-refractivity contribution >= 4 is 51.5 Å². The Kier molecular flexibility index (Phi) is 5.23. The fraction of sp³-hybridized carbons (Fsp3) is 0.389. The van der Waals surface area contributed by atoms with Crippen LogP contribution in [0.15, 0.2) is 29.2 Å². The Morgan fingerprint density at radius 2 is 2.00 bits per heavy atom. The van der Waals surface area contributed by atoms with E-state index in [2.05, 4.69) is 24.1 Å². The number of hydrogen-bond donors (Lipinski definition) is 1. The second-order valence-electron chi connectivity index (χ2n) is 6.94. The van der Waals surface area contributed by atoms with E-state index < -0.39 is 0 Å². The Bertz CT molecular complexity index is 815. The summed E-state index contributed by atoms with van der Waals surface area (Å²) in [4.78, 5) is 30.8. The second kappa shape index (κ2) is 7.09. The first-order chi connectivity index (χ1) is 11.7. The number of ketones is 1. The van der Waals surface area contributed by atoms with E-state index in [4.69, 9.17) is 11.6 Å². The van der Waals surface area contributed by atoms with Crippen molar-refractivity contribution in [3.05, 3.63) is 39.9 Å². The van der Waals surface area contributed by atoms with Crippen molar-refractivity contribution in [2.24, 2.45) is 5.41 Å². The predicted octanol–water partition coefficient (Wildman–Crippen LogP) is 5.07. The number of nitrogens with one attached hydrogen (secondary N) is 1. The normalized spacial score (nSPS) is 17.0. The maximum absolute atomic E-state index is 12.4. The third kappa shape index (κ3) is 4.43. The number of benzene rings is 1. The number of halogens is 1. The van der Waals surface area contributed by atoms with E-state index in [0.29, 0.717) is 21.5 Å². The van der Waals surface area contributed by atoms with E-state index in [1.807, 2.05) is 19.1 Å². The minimum Gasteiger partial charge on any atom is -0.301 e. The third-order valence-corrected chi connectivity index (χ3v) is 6.38. The Morgan fingerprint density at radius 1 is 1.32 bits per heavy atom. The molecule has 0 spiro atoms. The van der Waals surface area contributed by atoms with Gasteiger partial charge in [-0.05, 0) is 43.0 Å². The first-order valence-electron chi connectivity index (χ1n) is 7.99. The first-order valence-corrected chi connectivity index (χ1v) is 10.1. The van der Waals surface area contributed by atoms with Crippen molar-refractivity contribution in [2.75, 3.05) is 5.32 Å². The summed E-state index contributed by atoms with van der Waals surface area (Å²) in [5.74, 6) is -0.00871. The Morgan fingerprint density at radius 3 is 2.68 bits per heavy atom. The van der Waals surface area contributed by atoms with Crippen LogP contribution in [0.1, 0.15) is 42.6 Å². The van der Waals surface area contributed by atoms with Gasteiger partial charge in [0.1, 0.15) is 0 Å². The molecule has 0 radical (unpaired) electrons. The highest BCUT2D eigenvalue weighted by Crippen LogP contribution is 2.38. The maximum atomic E-state index is 12.4. The summed E-state index contributed by atoms with van der Waals surface area (Å²) in [5, 5.41) is 3.74. The zero-order valence-corrected chi connectivity index (χ0v) is 16.6. The molecule has 0 saturated carbocycles. The van der Waals surface area contributed by atoms with Gasteiger partial charge in [-0.25, -0.2) is 4.98 Å². The smallest absolute Gasteiger partial charge is 0.239 e. The fourth-order valence-electron chi connectivity index (χ4n) is 2.75. The molecule has 7 heteroatoms. The summed E-state index contributed by atoms with van der Waals surface area (Å²) in [7, 11) is 0.